The summed E-state index contributed by atoms with van der Waals surface area (Å²) in [5.41, 5.74) is 8.21. The van der Waals surface area contributed by atoms with Crippen LogP contribution in [0.25, 0.3) is 0 Å². The zero-order valence-electron chi connectivity index (χ0n) is 15.6. The van der Waals surface area contributed by atoms with Crippen molar-refractivity contribution in [1.82, 2.24) is 0 Å². The number of primary amides is 1. The van der Waals surface area contributed by atoms with Crippen LogP contribution in [0.1, 0.15) is 42.5 Å². The molecule has 1 amide bonds. The molecule has 0 aromatic heterocycles. The third-order valence-corrected chi connectivity index (χ3v) is 5.48. The van der Waals surface area contributed by atoms with Gasteiger partial charge in [-0.25, -0.2) is 0 Å². The average Bonchev–Trinajstić information content (AvgIpc) is 2.68. The topological polar surface area (TPSA) is 79.2 Å². The molecule has 3 rings (SSSR count). The highest BCUT2D eigenvalue weighted by molar-refractivity contribution is 7.80. The lowest BCUT2D eigenvalue weighted by Crippen LogP contribution is -2.19. The lowest BCUT2D eigenvalue weighted by molar-refractivity contribution is 0.100. The first-order valence-electron chi connectivity index (χ1n) is 9.52. The summed E-state index contributed by atoms with van der Waals surface area (Å²) in [6.07, 6.45) is 6.62. The minimum Gasteiger partial charge on any atom is -0.384 e. The number of anilines is 3. The molecule has 2 aromatic carbocycles. The number of amides is 1. The third kappa shape index (κ3) is 5.84. The molecule has 0 aliphatic heterocycles. The molecule has 5 N–H and O–H groups in total. The second-order valence-electron chi connectivity index (χ2n) is 7.10. The summed E-state index contributed by atoms with van der Waals surface area (Å²) in [7, 11) is 0. The van der Waals surface area contributed by atoms with Gasteiger partial charge in [-0.3, -0.25) is 4.79 Å². The lowest BCUT2D eigenvalue weighted by atomic mass is 9.89. The first-order chi connectivity index (χ1) is 13.5. The van der Waals surface area contributed by atoms with Crippen LogP contribution < -0.4 is 21.7 Å². The van der Waals surface area contributed by atoms with Crippen LogP contribution in [0.2, 0.25) is 5.02 Å². The summed E-state index contributed by atoms with van der Waals surface area (Å²) in [6, 6.07) is 12.6. The predicted molar refractivity (Wildman–Crippen MR) is 121 cm³/mol. The summed E-state index contributed by atoms with van der Waals surface area (Å²) in [6.45, 7) is 0.966. The predicted octanol–water partition coefficient (Wildman–Crippen LogP) is 5.24. The molecule has 28 heavy (non-hydrogen) atoms. The monoisotopic (exact) mass is 416 g/mol. The molecule has 0 unspecified atom stereocenters. The van der Waals surface area contributed by atoms with Gasteiger partial charge in [0.2, 0.25) is 5.91 Å². The van der Waals surface area contributed by atoms with Crippen LogP contribution in [-0.2, 0) is 0 Å². The van der Waals surface area contributed by atoms with Gasteiger partial charge in [-0.2, -0.15) is 0 Å². The summed E-state index contributed by atoms with van der Waals surface area (Å²) in [4.78, 5) is 11.1. The van der Waals surface area contributed by atoms with E-state index in [1.54, 1.807) is 24.3 Å². The van der Waals surface area contributed by atoms with Gasteiger partial charge in [0.1, 0.15) is 0 Å². The van der Waals surface area contributed by atoms with Gasteiger partial charge in [-0.05, 0) is 73.4 Å². The molecule has 0 radical (unpaired) electrons. The van der Waals surface area contributed by atoms with Gasteiger partial charge in [0, 0.05) is 23.5 Å². The Balaban J connectivity index is 1.52. The summed E-state index contributed by atoms with van der Waals surface area (Å²) in [5, 5.41) is 10.8. The maximum Gasteiger partial charge on any atom is 0.248 e. The van der Waals surface area contributed by atoms with Crippen molar-refractivity contribution in [2.45, 2.75) is 32.1 Å². The molecule has 1 aliphatic rings. The third-order valence-electron chi connectivity index (χ3n) is 4.96. The van der Waals surface area contributed by atoms with Gasteiger partial charge >= 0.3 is 0 Å². The molecule has 0 bridgehead atoms. The van der Waals surface area contributed by atoms with Crippen LogP contribution in [0.4, 0.5) is 17.1 Å². The number of carbonyl (C=O) groups excluding carboxylic acids is 1. The number of thiocarbonyl (C=S) groups is 1. The molecular weight excluding hydrogens is 392 g/mol. The van der Waals surface area contributed by atoms with E-state index in [1.807, 2.05) is 18.2 Å². The molecule has 148 valence electrons. The van der Waals surface area contributed by atoms with E-state index < -0.39 is 5.91 Å². The van der Waals surface area contributed by atoms with Crippen molar-refractivity contribution in [3.05, 3.63) is 53.1 Å². The summed E-state index contributed by atoms with van der Waals surface area (Å²) < 4.78 is 0. The standard InChI is InChI=1S/C21H25ClN4OS/c22-18-12-17(10-11-19(18)24-13-14-4-2-1-3-5-14)26-21(28)25-16-8-6-15(7-9-16)20(23)27/h6-12,14,24H,1-5,13H2,(H2,23,27)(H2,25,26,28). The van der Waals surface area contributed by atoms with Crippen LogP contribution in [0.5, 0.6) is 0 Å². The molecule has 1 fully saturated rings. The Kier molecular flexibility index (Phi) is 7.12. The molecule has 0 heterocycles. The van der Waals surface area contributed by atoms with E-state index in [2.05, 4.69) is 16.0 Å². The molecule has 0 saturated heterocycles. The molecule has 2 aromatic rings. The van der Waals surface area contributed by atoms with Crippen molar-refractivity contribution in [3.63, 3.8) is 0 Å². The Labute approximate surface area is 176 Å². The molecule has 5 nitrogen and oxygen atoms in total. The number of hydrogen-bond acceptors (Lipinski definition) is 3. The highest BCUT2D eigenvalue weighted by Crippen LogP contribution is 2.28. The Morgan fingerprint density at radius 2 is 1.68 bits per heavy atom. The van der Waals surface area contributed by atoms with Crippen LogP contribution in [0, 0.1) is 5.92 Å². The van der Waals surface area contributed by atoms with Crippen LogP contribution in [0.15, 0.2) is 42.5 Å². The fraction of sp³-hybridized carbons (Fsp3) is 0.333. The van der Waals surface area contributed by atoms with E-state index in [0.717, 1.165) is 29.5 Å². The number of nitrogens with two attached hydrogens (primary N) is 1. The lowest BCUT2D eigenvalue weighted by Gasteiger charge is -2.22. The zero-order valence-corrected chi connectivity index (χ0v) is 17.2. The SMILES string of the molecule is NC(=O)c1ccc(NC(=S)Nc2ccc(NCC3CCCCC3)c(Cl)c2)cc1. The van der Waals surface area contributed by atoms with E-state index in [-0.39, 0.29) is 0 Å². The highest BCUT2D eigenvalue weighted by Gasteiger charge is 2.13. The van der Waals surface area contributed by atoms with Gasteiger partial charge in [-0.1, -0.05) is 30.9 Å². The van der Waals surface area contributed by atoms with Gasteiger partial charge in [-0.15, -0.1) is 0 Å². The number of benzene rings is 2. The number of halogens is 1. The average molecular weight is 417 g/mol. The van der Waals surface area contributed by atoms with Crippen molar-refractivity contribution in [3.8, 4) is 0 Å². The summed E-state index contributed by atoms with van der Waals surface area (Å²) >= 11 is 11.8. The minimum atomic E-state index is -0.459. The van der Waals surface area contributed by atoms with Gasteiger partial charge in [0.05, 0.1) is 10.7 Å². The summed E-state index contributed by atoms with van der Waals surface area (Å²) in [5.74, 6) is 0.277. The van der Waals surface area contributed by atoms with Crippen molar-refractivity contribution in [2.24, 2.45) is 11.7 Å². The number of rotatable bonds is 6. The van der Waals surface area contributed by atoms with E-state index >= 15 is 0 Å². The largest absolute Gasteiger partial charge is 0.384 e. The smallest absolute Gasteiger partial charge is 0.248 e. The first-order valence-corrected chi connectivity index (χ1v) is 10.3. The Bertz CT molecular complexity index is 835. The normalized spacial score (nSPS) is 14.3. The number of nitrogens with one attached hydrogen (secondary N) is 3. The fourth-order valence-electron chi connectivity index (χ4n) is 3.39. The molecule has 1 aliphatic carbocycles. The van der Waals surface area contributed by atoms with Crippen LogP contribution >= 0.6 is 23.8 Å². The minimum absolute atomic E-state index is 0.436. The van der Waals surface area contributed by atoms with Gasteiger partial charge in [0.15, 0.2) is 5.11 Å². The Morgan fingerprint density at radius 3 is 2.32 bits per heavy atom. The quantitative estimate of drug-likeness (QED) is 0.484. The molecule has 0 spiro atoms. The van der Waals surface area contributed by atoms with Crippen LogP contribution in [0.3, 0.4) is 0 Å². The van der Waals surface area contributed by atoms with E-state index in [9.17, 15) is 4.79 Å². The van der Waals surface area contributed by atoms with Crippen LogP contribution in [-0.4, -0.2) is 17.6 Å². The number of hydrogen-bond donors (Lipinski definition) is 4. The van der Waals surface area contributed by atoms with Crippen molar-refractivity contribution in [2.75, 3.05) is 22.5 Å². The highest BCUT2D eigenvalue weighted by atomic mass is 35.5. The fourth-order valence-corrected chi connectivity index (χ4v) is 3.88. The first kappa shape index (κ1) is 20.4. The molecular formula is C21H25ClN4OS. The van der Waals surface area contributed by atoms with E-state index in [4.69, 9.17) is 29.6 Å². The van der Waals surface area contributed by atoms with E-state index in [0.29, 0.717) is 15.7 Å². The maximum atomic E-state index is 11.1. The van der Waals surface area contributed by atoms with Gasteiger partial charge in [0.25, 0.3) is 0 Å². The van der Waals surface area contributed by atoms with Crippen molar-refractivity contribution < 1.29 is 4.79 Å². The van der Waals surface area contributed by atoms with Crippen molar-refractivity contribution >= 4 is 51.9 Å². The van der Waals surface area contributed by atoms with Crippen molar-refractivity contribution in [1.29, 1.82) is 0 Å². The maximum absolute atomic E-state index is 11.1. The zero-order chi connectivity index (χ0) is 19.9. The van der Waals surface area contributed by atoms with Gasteiger partial charge < -0.3 is 21.7 Å². The second-order valence-corrected chi connectivity index (χ2v) is 7.92. The second kappa shape index (κ2) is 9.75. The Morgan fingerprint density at radius 1 is 1.04 bits per heavy atom. The Hall–Kier alpha value is -2.31. The molecule has 1 saturated carbocycles. The molecule has 7 heteroatoms. The number of carbonyl (C=O) groups is 1. The van der Waals surface area contributed by atoms with E-state index in [1.165, 1.54) is 32.1 Å². The molecule has 0 atom stereocenters.